The number of aromatic nitrogens is 10. The minimum Gasteiger partial charge on any atom is -0.519 e. The molecule has 0 amide bonds. The number of para-hydroxylation sites is 1. The Morgan fingerprint density at radius 1 is 0.500 bits per heavy atom. The smallest absolute Gasteiger partial charge is 0.419 e. The van der Waals surface area contributed by atoms with Crippen molar-refractivity contribution in [1.29, 1.82) is 0 Å². The molecule has 0 saturated heterocycles. The van der Waals surface area contributed by atoms with Crippen LogP contribution in [0.3, 0.4) is 0 Å². The Bertz CT molecular complexity index is 3810. The van der Waals surface area contributed by atoms with Crippen molar-refractivity contribution in [1.82, 2.24) is 48.9 Å². The Labute approximate surface area is 569 Å². The van der Waals surface area contributed by atoms with Crippen LogP contribution in [0.1, 0.15) is 62.3 Å². The number of alkyl halides is 4. The van der Waals surface area contributed by atoms with E-state index in [0.29, 0.717) is 17.9 Å². The van der Waals surface area contributed by atoms with E-state index in [1.54, 1.807) is 47.7 Å². The van der Waals surface area contributed by atoms with Crippen LogP contribution in [-0.4, -0.2) is 65.0 Å². The molecule has 12 rings (SSSR count). The molecule has 5 radical (unpaired) electrons. The van der Waals surface area contributed by atoms with Gasteiger partial charge in [-0.1, -0.05) is 89.4 Å². The number of ether oxygens (including phenoxy) is 1. The zero-order valence-electron chi connectivity index (χ0n) is 47.3. The summed E-state index contributed by atoms with van der Waals surface area (Å²) in [5.74, 6) is 0.769. The fourth-order valence-electron chi connectivity index (χ4n) is 8.31. The van der Waals surface area contributed by atoms with Crippen LogP contribution >= 0.6 is 0 Å². The summed E-state index contributed by atoms with van der Waals surface area (Å²) in [4.78, 5) is 0. The van der Waals surface area contributed by atoms with Gasteiger partial charge in [0.25, 0.3) is 0 Å². The molecule has 0 fully saturated rings. The van der Waals surface area contributed by atoms with Crippen molar-refractivity contribution < 1.29 is 123 Å². The summed E-state index contributed by atoms with van der Waals surface area (Å²) in [5.41, 5.74) is 7.28. The van der Waals surface area contributed by atoms with E-state index < -0.39 is 18.4 Å². The SMILES string of the molecule is CCCOc1[c-]c(-n2cccn2)c2ccccc2c1.CCCc1[c-]c(-n2cc(C(F)(F)F)cn2)ccc1.CCCc1[c-]c(-n2cccn2)ccc1.C[SiH2]c1[c-]c(-n2cccn2)ccc1.FCc1[c-]c(-n2ncc3ccccc32)ccc1.[Ir].[Ir].[Ir].[Ir].[Ir]. The average molecular weight is 2060 g/mol. The molecule has 0 aliphatic heterocycles. The van der Waals surface area contributed by atoms with E-state index in [2.05, 4.69) is 113 Å². The predicted molar refractivity (Wildman–Crippen MR) is 315 cm³/mol. The van der Waals surface area contributed by atoms with E-state index in [0.717, 1.165) is 100 Å². The van der Waals surface area contributed by atoms with Gasteiger partial charge in [-0.2, -0.15) is 128 Å². The number of hydrogen-bond acceptors (Lipinski definition) is 6. The maximum atomic E-state index is 12.6. The van der Waals surface area contributed by atoms with Crippen molar-refractivity contribution in [2.75, 3.05) is 6.61 Å². The van der Waals surface area contributed by atoms with Crippen molar-refractivity contribution in [3.8, 4) is 34.2 Å². The summed E-state index contributed by atoms with van der Waals surface area (Å²) in [6, 6.07) is 63.2. The molecular weight excluding hydrogens is 2000 g/mol. The van der Waals surface area contributed by atoms with Crippen molar-refractivity contribution >= 4 is 36.4 Å². The molecule has 0 unspecified atom stereocenters. The third-order valence-corrected chi connectivity index (χ3v) is 13.4. The average Bonchev–Trinajstić information content (AvgIpc) is 3.38. The Morgan fingerprint density at radius 2 is 1.02 bits per heavy atom. The monoisotopic (exact) mass is 2070 g/mol. The maximum Gasteiger partial charge on any atom is 0.419 e. The second-order valence-corrected chi connectivity index (χ2v) is 19.8. The summed E-state index contributed by atoms with van der Waals surface area (Å²) >= 11 is 0. The summed E-state index contributed by atoms with van der Waals surface area (Å²) < 4.78 is 64.1. The normalized spacial score (nSPS) is 10.4. The van der Waals surface area contributed by atoms with Gasteiger partial charge in [0.2, 0.25) is 0 Å². The minimum absolute atomic E-state index is 0. The summed E-state index contributed by atoms with van der Waals surface area (Å²) in [7, 11) is -0.115. The quantitative estimate of drug-likeness (QED) is 0.0611. The van der Waals surface area contributed by atoms with Crippen molar-refractivity contribution in [2.24, 2.45) is 0 Å². The molecule has 0 spiro atoms. The van der Waals surface area contributed by atoms with Crippen LogP contribution < -0.4 is 9.92 Å². The van der Waals surface area contributed by atoms with E-state index >= 15 is 0 Å². The fraction of sp³-hybridized carbons (Fsp3) is 0.185. The number of nitrogens with zero attached hydrogens (tertiary/aromatic N) is 10. The van der Waals surface area contributed by atoms with Gasteiger partial charge in [-0.25, -0.2) is 4.39 Å². The standard InChI is InChI=1S/C16H15N2O.C14H10FN2.C13H12F3N2.C12H13N2.C10H11N2Si.5Ir/c1-2-10-19-14-11-13-6-3-4-7-15(13)16(12-14)18-9-5-8-17-18;15-9-11-4-3-6-13(8-11)17-14-7-2-1-5-12(14)10-16-17;1-2-4-10-5-3-6-12(7-10)18-9-11(8-17-18)13(14,15)16;1-2-5-11-6-3-7-12(10-11)14-9-4-8-13-14;1-13-10-5-2-4-9(8-10)12-7-3-6-11-12;;;;;/h3-9,11H,2,10H2,1H3;1-7,10H,9H2;3,5-6,8-9H,2,4H2,1H3;3-4,6-9H,2,5H2,1H3;2-7H,13H2,1H3;;;;;/q5*-1;;;;;. The number of fused-ring (bicyclic) bond motifs is 2. The Hall–Kier alpha value is -5.91. The van der Waals surface area contributed by atoms with Crippen LogP contribution in [0.2, 0.25) is 6.55 Å². The maximum absolute atomic E-state index is 12.6. The van der Waals surface area contributed by atoms with Gasteiger partial charge < -0.3 is 4.74 Å². The summed E-state index contributed by atoms with van der Waals surface area (Å²) in [6.45, 7) is 8.76. The summed E-state index contributed by atoms with van der Waals surface area (Å²) in [6.07, 6.45) is 15.4. The van der Waals surface area contributed by atoms with Gasteiger partial charge >= 0.3 is 6.18 Å². The largest absolute Gasteiger partial charge is 0.519 e. The Morgan fingerprint density at radius 3 is 1.57 bits per heavy atom. The number of benzene rings is 7. The van der Waals surface area contributed by atoms with Crippen molar-refractivity contribution in [3.63, 3.8) is 0 Å². The predicted octanol–water partition coefficient (Wildman–Crippen LogP) is 13.7. The fourth-order valence-corrected chi connectivity index (χ4v) is 9.04. The van der Waals surface area contributed by atoms with Gasteiger partial charge in [-0.15, -0.1) is 58.8 Å². The van der Waals surface area contributed by atoms with Gasteiger partial charge in [-0.05, 0) is 59.1 Å². The van der Waals surface area contributed by atoms with Crippen LogP contribution in [0, 0.1) is 30.3 Å². The first-order valence-corrected chi connectivity index (χ1v) is 28.9. The second kappa shape index (κ2) is 38.4. The molecule has 0 aliphatic carbocycles. The van der Waals surface area contributed by atoms with Crippen LogP contribution in [0.15, 0.2) is 201 Å². The van der Waals surface area contributed by atoms with Gasteiger partial charge in [0.15, 0.2) is 0 Å². The molecule has 5 aromatic heterocycles. The third kappa shape index (κ3) is 21.5. The van der Waals surface area contributed by atoms with Crippen LogP contribution in [-0.2, 0) is 126 Å². The molecule has 459 valence electrons. The molecule has 7 aromatic carbocycles. The molecule has 21 heteroatoms. The van der Waals surface area contributed by atoms with Gasteiger partial charge in [-0.3, -0.25) is 23.4 Å². The first-order chi connectivity index (χ1) is 39.6. The van der Waals surface area contributed by atoms with Crippen LogP contribution in [0.5, 0.6) is 5.75 Å². The molecular formula is C65H61F4Ir5N10OSi-5. The van der Waals surface area contributed by atoms with Crippen molar-refractivity contribution in [3.05, 3.63) is 254 Å². The molecule has 0 atom stereocenters. The number of halogens is 4. The molecule has 0 saturated carbocycles. The molecule has 5 heterocycles. The molecule has 0 bridgehead atoms. The molecule has 11 nitrogen and oxygen atoms in total. The minimum atomic E-state index is -4.36. The summed E-state index contributed by atoms with van der Waals surface area (Å²) in [5, 5.41) is 25.3. The number of rotatable bonds is 14. The number of aryl methyl sites for hydroxylation is 2. The third-order valence-electron chi connectivity index (χ3n) is 12.2. The van der Waals surface area contributed by atoms with Crippen molar-refractivity contribution in [2.45, 2.75) is 72.3 Å². The van der Waals surface area contributed by atoms with E-state index in [9.17, 15) is 17.6 Å². The van der Waals surface area contributed by atoms with Crippen LogP contribution in [0.4, 0.5) is 17.6 Å². The zero-order valence-corrected chi connectivity index (χ0v) is 60.7. The number of hydrogen-bond donors (Lipinski definition) is 0. The van der Waals surface area contributed by atoms with E-state index in [1.807, 2.05) is 131 Å². The van der Waals surface area contributed by atoms with E-state index in [4.69, 9.17) is 4.74 Å². The first kappa shape index (κ1) is 74.3. The van der Waals surface area contributed by atoms with Gasteiger partial charge in [0.05, 0.1) is 36.8 Å². The van der Waals surface area contributed by atoms with E-state index in [1.165, 1.54) is 15.4 Å². The van der Waals surface area contributed by atoms with Gasteiger partial charge in [0.1, 0.15) is 0 Å². The second-order valence-electron chi connectivity index (χ2n) is 18.3. The Kier molecular flexibility index (Phi) is 33.2. The van der Waals surface area contributed by atoms with Gasteiger partial charge in [0, 0.05) is 165 Å². The van der Waals surface area contributed by atoms with E-state index in [-0.39, 0.29) is 110 Å². The van der Waals surface area contributed by atoms with Crippen LogP contribution in [0.25, 0.3) is 50.1 Å². The first-order valence-electron chi connectivity index (χ1n) is 26.8. The molecule has 0 N–H and O–H groups in total. The topological polar surface area (TPSA) is 98.3 Å². The molecule has 0 aliphatic rings. The molecule has 12 aromatic rings. The molecule has 86 heavy (non-hydrogen) atoms. The Balaban J connectivity index is 0.000000279. The zero-order chi connectivity index (χ0) is 56.8.